The fourth-order valence-corrected chi connectivity index (χ4v) is 4.14. The smallest absolute Gasteiger partial charge is 0.279 e. The van der Waals surface area contributed by atoms with Crippen molar-refractivity contribution in [3.8, 4) is 0 Å². The van der Waals surface area contributed by atoms with E-state index in [0.29, 0.717) is 13.1 Å². The van der Waals surface area contributed by atoms with E-state index < -0.39 is 10.2 Å². The van der Waals surface area contributed by atoms with Crippen LogP contribution in [0.25, 0.3) is 0 Å². The van der Waals surface area contributed by atoms with Gasteiger partial charge in [0.2, 0.25) is 0 Å². The van der Waals surface area contributed by atoms with E-state index in [4.69, 9.17) is 0 Å². The zero-order valence-electron chi connectivity index (χ0n) is 9.99. The maximum Gasteiger partial charge on any atom is 0.279 e. The molecule has 0 radical (unpaired) electrons. The molecule has 0 saturated carbocycles. The summed E-state index contributed by atoms with van der Waals surface area (Å²) < 4.78 is 28.2. The van der Waals surface area contributed by atoms with Gasteiger partial charge >= 0.3 is 0 Å². The lowest BCUT2D eigenvalue weighted by Crippen LogP contribution is -2.43. The third kappa shape index (κ3) is 2.40. The highest BCUT2D eigenvalue weighted by atomic mass is 32.2. The lowest BCUT2D eigenvalue weighted by molar-refractivity contribution is 0.336. The third-order valence-corrected chi connectivity index (χ3v) is 5.22. The van der Waals surface area contributed by atoms with E-state index in [-0.39, 0.29) is 11.5 Å². The summed E-state index contributed by atoms with van der Waals surface area (Å²) in [5, 5.41) is 3.33. The lowest BCUT2D eigenvalue weighted by Gasteiger charge is -2.23. The van der Waals surface area contributed by atoms with Gasteiger partial charge in [-0.2, -0.15) is 17.4 Å². The number of hydrogen-bond acceptors (Lipinski definition) is 3. The quantitative estimate of drug-likeness (QED) is 0.733. The first-order valence-electron chi connectivity index (χ1n) is 5.92. The standard InChI is InChI=1S/C10H21N3O2S/c1-9(2)12-16(14,15)13-6-4-10(8-13)3-5-11-7-10/h9,11-12H,3-8H2,1-2H3. The first-order chi connectivity index (χ1) is 7.44. The fourth-order valence-electron chi connectivity index (χ4n) is 2.62. The molecule has 0 aliphatic carbocycles. The lowest BCUT2D eigenvalue weighted by atomic mass is 9.87. The minimum absolute atomic E-state index is 0.0387. The Bertz CT molecular complexity index is 347. The predicted octanol–water partition coefficient (Wildman–Crippen LogP) is -0.0854. The van der Waals surface area contributed by atoms with Crippen molar-refractivity contribution < 1.29 is 8.42 Å². The molecule has 2 rings (SSSR count). The van der Waals surface area contributed by atoms with Gasteiger partial charge in [-0.3, -0.25) is 0 Å². The van der Waals surface area contributed by atoms with Gasteiger partial charge in [0.05, 0.1) is 0 Å². The molecule has 1 atom stereocenters. The highest BCUT2D eigenvalue weighted by Crippen LogP contribution is 2.36. The van der Waals surface area contributed by atoms with Crippen LogP contribution in [0.1, 0.15) is 26.7 Å². The summed E-state index contributed by atoms with van der Waals surface area (Å²) in [4.78, 5) is 0. The monoisotopic (exact) mass is 247 g/mol. The Hall–Kier alpha value is -0.170. The maximum atomic E-state index is 12.0. The van der Waals surface area contributed by atoms with Crippen LogP contribution in [0.3, 0.4) is 0 Å². The molecule has 2 heterocycles. The van der Waals surface area contributed by atoms with Crippen LogP contribution in [0.2, 0.25) is 0 Å². The Balaban J connectivity index is 2.03. The molecule has 0 aromatic carbocycles. The topological polar surface area (TPSA) is 61.4 Å². The SMILES string of the molecule is CC(C)NS(=O)(=O)N1CCC2(CCNC2)C1. The molecule has 2 aliphatic heterocycles. The molecule has 2 saturated heterocycles. The molecule has 94 valence electrons. The summed E-state index contributed by atoms with van der Waals surface area (Å²) in [5.41, 5.74) is 0.200. The highest BCUT2D eigenvalue weighted by Gasteiger charge is 2.44. The minimum Gasteiger partial charge on any atom is -0.316 e. The number of nitrogens with zero attached hydrogens (tertiary/aromatic N) is 1. The first kappa shape index (κ1) is 12.3. The van der Waals surface area contributed by atoms with E-state index in [1.807, 2.05) is 13.8 Å². The summed E-state index contributed by atoms with van der Waals surface area (Å²) >= 11 is 0. The average molecular weight is 247 g/mol. The molecule has 0 amide bonds. The zero-order valence-corrected chi connectivity index (χ0v) is 10.8. The molecule has 16 heavy (non-hydrogen) atoms. The molecule has 1 spiro atoms. The van der Waals surface area contributed by atoms with Gasteiger partial charge in [-0.25, -0.2) is 0 Å². The number of nitrogens with one attached hydrogen (secondary N) is 2. The van der Waals surface area contributed by atoms with Gasteiger partial charge in [-0.1, -0.05) is 0 Å². The third-order valence-electron chi connectivity index (χ3n) is 3.46. The van der Waals surface area contributed by atoms with Crippen molar-refractivity contribution in [2.75, 3.05) is 26.2 Å². The van der Waals surface area contributed by atoms with Crippen LogP contribution in [-0.2, 0) is 10.2 Å². The molecular weight excluding hydrogens is 226 g/mol. The maximum absolute atomic E-state index is 12.0. The molecule has 6 heteroatoms. The van der Waals surface area contributed by atoms with Gasteiger partial charge in [-0.15, -0.1) is 0 Å². The Morgan fingerprint density at radius 2 is 2.12 bits per heavy atom. The van der Waals surface area contributed by atoms with Gasteiger partial charge < -0.3 is 5.32 Å². The van der Waals surface area contributed by atoms with Gasteiger partial charge in [0.15, 0.2) is 0 Å². The van der Waals surface area contributed by atoms with E-state index in [1.165, 1.54) is 0 Å². The average Bonchev–Trinajstić information content (AvgIpc) is 2.75. The summed E-state index contributed by atoms with van der Waals surface area (Å²) in [6.07, 6.45) is 2.08. The second-order valence-corrected chi connectivity index (χ2v) is 6.99. The summed E-state index contributed by atoms with van der Waals surface area (Å²) in [6, 6.07) is -0.0387. The molecular formula is C10H21N3O2S. The molecule has 0 aromatic rings. The first-order valence-corrected chi connectivity index (χ1v) is 7.36. The summed E-state index contributed by atoms with van der Waals surface area (Å²) in [6.45, 7) is 7.00. The Morgan fingerprint density at radius 1 is 1.38 bits per heavy atom. The van der Waals surface area contributed by atoms with Gasteiger partial charge in [0.1, 0.15) is 0 Å². The Morgan fingerprint density at radius 3 is 2.69 bits per heavy atom. The molecule has 2 N–H and O–H groups in total. The molecule has 2 aliphatic rings. The van der Waals surface area contributed by atoms with Gasteiger partial charge in [0, 0.05) is 25.7 Å². The molecule has 2 fully saturated rings. The Labute approximate surface area is 97.8 Å². The van der Waals surface area contributed by atoms with Crippen molar-refractivity contribution in [2.24, 2.45) is 5.41 Å². The van der Waals surface area contributed by atoms with Crippen molar-refractivity contribution in [3.05, 3.63) is 0 Å². The molecule has 0 bridgehead atoms. The molecule has 5 nitrogen and oxygen atoms in total. The van der Waals surface area contributed by atoms with Crippen molar-refractivity contribution in [1.82, 2.24) is 14.3 Å². The second kappa shape index (κ2) is 4.25. The predicted molar refractivity (Wildman–Crippen MR) is 63.3 cm³/mol. The summed E-state index contributed by atoms with van der Waals surface area (Å²) in [5.74, 6) is 0. The molecule has 0 aromatic heterocycles. The fraction of sp³-hybridized carbons (Fsp3) is 1.00. The van der Waals surface area contributed by atoms with Crippen LogP contribution in [0.15, 0.2) is 0 Å². The van der Waals surface area contributed by atoms with Crippen LogP contribution in [0.5, 0.6) is 0 Å². The van der Waals surface area contributed by atoms with Crippen LogP contribution >= 0.6 is 0 Å². The van der Waals surface area contributed by atoms with Crippen LogP contribution in [0, 0.1) is 5.41 Å². The van der Waals surface area contributed by atoms with Crippen LogP contribution < -0.4 is 10.0 Å². The van der Waals surface area contributed by atoms with Crippen molar-refractivity contribution >= 4 is 10.2 Å². The zero-order chi connectivity index (χ0) is 11.8. The van der Waals surface area contributed by atoms with Crippen molar-refractivity contribution in [1.29, 1.82) is 0 Å². The number of rotatable bonds is 3. The molecule has 1 unspecified atom stereocenters. The van der Waals surface area contributed by atoms with Crippen molar-refractivity contribution in [2.45, 2.75) is 32.7 Å². The van der Waals surface area contributed by atoms with E-state index in [9.17, 15) is 8.42 Å². The van der Waals surface area contributed by atoms with E-state index in [2.05, 4.69) is 10.0 Å². The van der Waals surface area contributed by atoms with Crippen LogP contribution in [-0.4, -0.2) is 44.9 Å². The highest BCUT2D eigenvalue weighted by molar-refractivity contribution is 7.87. The van der Waals surface area contributed by atoms with Gasteiger partial charge in [0.25, 0.3) is 10.2 Å². The van der Waals surface area contributed by atoms with Crippen LogP contribution in [0.4, 0.5) is 0 Å². The van der Waals surface area contributed by atoms with Crippen molar-refractivity contribution in [3.63, 3.8) is 0 Å². The largest absolute Gasteiger partial charge is 0.316 e. The Kier molecular flexibility index (Phi) is 3.27. The van der Waals surface area contributed by atoms with Gasteiger partial charge in [-0.05, 0) is 38.6 Å². The van der Waals surface area contributed by atoms with E-state index in [0.717, 1.165) is 25.9 Å². The number of hydrogen-bond donors (Lipinski definition) is 2. The minimum atomic E-state index is -3.27. The summed E-state index contributed by atoms with van der Waals surface area (Å²) in [7, 11) is -3.27. The van der Waals surface area contributed by atoms with E-state index in [1.54, 1.807) is 4.31 Å². The normalized spacial score (nSPS) is 31.9. The van der Waals surface area contributed by atoms with E-state index >= 15 is 0 Å². The second-order valence-electron chi connectivity index (χ2n) is 5.29.